The van der Waals surface area contributed by atoms with Gasteiger partial charge in [-0.2, -0.15) is 0 Å². The van der Waals surface area contributed by atoms with E-state index < -0.39 is 0 Å². The van der Waals surface area contributed by atoms with Crippen molar-refractivity contribution in [3.63, 3.8) is 0 Å². The van der Waals surface area contributed by atoms with Crippen LogP contribution in [0, 0.1) is 0 Å². The van der Waals surface area contributed by atoms with E-state index in [1.54, 1.807) is 0 Å². The van der Waals surface area contributed by atoms with Gasteiger partial charge in [0.05, 0.1) is 0 Å². The average molecular weight is 185 g/mol. The number of likely N-dealkylation sites (tertiary alicyclic amines) is 1. The maximum absolute atomic E-state index is 2.66. The largest absolute Gasteiger partial charge is 0.298 e. The van der Waals surface area contributed by atoms with E-state index in [9.17, 15) is 0 Å². The zero-order valence-corrected chi connectivity index (χ0v) is 10.2. The fourth-order valence-corrected chi connectivity index (χ4v) is 2.20. The summed E-state index contributed by atoms with van der Waals surface area (Å²) in [6, 6.07) is 0. The molecule has 0 aromatic carbocycles. The number of nitrogens with zero attached hydrogens (tertiary/aromatic N) is 1. The predicted octanol–water partition coefficient (Wildman–Crippen LogP) is 3.69. The second-order valence-corrected chi connectivity index (χ2v) is 3.41. The molecule has 0 atom stereocenters. The van der Waals surface area contributed by atoms with Crippen LogP contribution in [0.2, 0.25) is 0 Å². The van der Waals surface area contributed by atoms with Gasteiger partial charge in [0.25, 0.3) is 0 Å². The molecule has 0 aromatic heterocycles. The molecule has 0 amide bonds. The fraction of sp³-hybridized carbons (Fsp3) is 1.00. The van der Waals surface area contributed by atoms with Crippen molar-refractivity contribution in [2.24, 2.45) is 0 Å². The summed E-state index contributed by atoms with van der Waals surface area (Å²) in [5.41, 5.74) is 0.745. The summed E-state index contributed by atoms with van der Waals surface area (Å²) in [5, 5.41) is 0. The molecule has 0 radical (unpaired) electrons. The van der Waals surface area contributed by atoms with E-state index in [1.807, 2.05) is 27.7 Å². The molecular formula is C12H27N. The normalized spacial score (nSPS) is 22.8. The van der Waals surface area contributed by atoms with Gasteiger partial charge in [-0.25, -0.2) is 0 Å². The number of hydrogen-bond acceptors (Lipinski definition) is 1. The monoisotopic (exact) mass is 185 g/mol. The SMILES string of the molecule is CC.CC.CCN1CCCC12CC2. The van der Waals surface area contributed by atoms with Gasteiger partial charge in [0, 0.05) is 5.54 Å². The molecule has 0 aromatic rings. The Morgan fingerprint density at radius 3 is 1.85 bits per heavy atom. The topological polar surface area (TPSA) is 3.24 Å². The first-order chi connectivity index (χ1) is 6.37. The van der Waals surface area contributed by atoms with Crippen LogP contribution in [0.5, 0.6) is 0 Å². The van der Waals surface area contributed by atoms with Crippen LogP contribution in [-0.2, 0) is 0 Å². The lowest BCUT2D eigenvalue weighted by Crippen LogP contribution is -2.30. The summed E-state index contributed by atoms with van der Waals surface area (Å²) in [4.78, 5) is 2.66. The Labute approximate surface area is 84.5 Å². The molecule has 80 valence electrons. The minimum absolute atomic E-state index is 0.745. The summed E-state index contributed by atoms with van der Waals surface area (Å²) in [7, 11) is 0. The molecule has 1 heteroatoms. The first kappa shape index (κ1) is 13.0. The molecule has 0 unspecified atom stereocenters. The molecule has 2 fully saturated rings. The van der Waals surface area contributed by atoms with Gasteiger partial charge in [-0.15, -0.1) is 0 Å². The molecule has 1 aliphatic carbocycles. The highest BCUT2D eigenvalue weighted by Gasteiger charge is 2.49. The summed E-state index contributed by atoms with van der Waals surface area (Å²) >= 11 is 0. The zero-order chi connectivity index (χ0) is 10.3. The lowest BCUT2D eigenvalue weighted by molar-refractivity contribution is 0.249. The third kappa shape index (κ3) is 2.98. The van der Waals surface area contributed by atoms with Crippen LogP contribution in [0.3, 0.4) is 0 Å². The predicted molar refractivity (Wildman–Crippen MR) is 61.1 cm³/mol. The summed E-state index contributed by atoms with van der Waals surface area (Å²) < 4.78 is 0. The van der Waals surface area contributed by atoms with Crippen LogP contribution in [0.1, 0.15) is 60.3 Å². The lowest BCUT2D eigenvalue weighted by atomic mass is 10.2. The van der Waals surface area contributed by atoms with E-state index in [2.05, 4.69) is 11.8 Å². The molecule has 1 aliphatic heterocycles. The summed E-state index contributed by atoms with van der Waals surface area (Å²) in [6.45, 7) is 12.9. The first-order valence-electron chi connectivity index (χ1n) is 6.12. The Bertz CT molecular complexity index is 116. The highest BCUT2D eigenvalue weighted by atomic mass is 15.2. The van der Waals surface area contributed by atoms with Crippen molar-refractivity contribution in [3.8, 4) is 0 Å². The molecule has 0 bridgehead atoms. The minimum Gasteiger partial charge on any atom is -0.298 e. The van der Waals surface area contributed by atoms with Gasteiger partial charge in [0.1, 0.15) is 0 Å². The molecule has 1 nitrogen and oxygen atoms in total. The van der Waals surface area contributed by atoms with E-state index in [-0.39, 0.29) is 0 Å². The van der Waals surface area contributed by atoms with E-state index in [0.29, 0.717) is 0 Å². The molecule has 13 heavy (non-hydrogen) atoms. The fourth-order valence-electron chi connectivity index (χ4n) is 2.20. The average Bonchev–Trinajstić information content (AvgIpc) is 2.86. The maximum Gasteiger partial charge on any atom is 0.0211 e. The molecule has 1 saturated heterocycles. The van der Waals surface area contributed by atoms with Gasteiger partial charge in [-0.05, 0) is 38.8 Å². The van der Waals surface area contributed by atoms with Crippen molar-refractivity contribution >= 4 is 0 Å². The maximum atomic E-state index is 2.66. The van der Waals surface area contributed by atoms with Crippen molar-refractivity contribution in [3.05, 3.63) is 0 Å². The number of rotatable bonds is 1. The van der Waals surface area contributed by atoms with Crippen LogP contribution >= 0.6 is 0 Å². The third-order valence-electron chi connectivity index (χ3n) is 2.95. The smallest absolute Gasteiger partial charge is 0.0211 e. The van der Waals surface area contributed by atoms with Crippen molar-refractivity contribution in [1.82, 2.24) is 4.90 Å². The van der Waals surface area contributed by atoms with E-state index in [1.165, 1.54) is 38.8 Å². The Morgan fingerprint density at radius 2 is 1.54 bits per heavy atom. The molecule has 1 saturated carbocycles. The van der Waals surface area contributed by atoms with E-state index in [0.717, 1.165) is 5.54 Å². The van der Waals surface area contributed by atoms with Crippen molar-refractivity contribution in [2.45, 2.75) is 65.8 Å². The van der Waals surface area contributed by atoms with Crippen molar-refractivity contribution in [1.29, 1.82) is 0 Å². The molecule has 2 rings (SSSR count). The standard InChI is InChI=1S/C8H15N.2C2H6/c1-2-9-7-3-4-8(9)5-6-8;2*1-2/h2-7H2,1H3;2*1-2H3. The molecule has 1 heterocycles. The van der Waals surface area contributed by atoms with Crippen molar-refractivity contribution < 1.29 is 0 Å². The minimum atomic E-state index is 0.745. The summed E-state index contributed by atoms with van der Waals surface area (Å²) in [5.74, 6) is 0. The molecule has 2 aliphatic rings. The van der Waals surface area contributed by atoms with Gasteiger partial charge >= 0.3 is 0 Å². The third-order valence-corrected chi connectivity index (χ3v) is 2.95. The van der Waals surface area contributed by atoms with Gasteiger partial charge < -0.3 is 0 Å². The first-order valence-corrected chi connectivity index (χ1v) is 6.12. The lowest BCUT2D eigenvalue weighted by Gasteiger charge is -2.21. The highest BCUT2D eigenvalue weighted by molar-refractivity contribution is 5.06. The molecule has 1 spiro atoms. The van der Waals surface area contributed by atoms with Crippen LogP contribution in [0.4, 0.5) is 0 Å². The van der Waals surface area contributed by atoms with Gasteiger partial charge in [-0.1, -0.05) is 34.6 Å². The van der Waals surface area contributed by atoms with Gasteiger partial charge in [0.2, 0.25) is 0 Å². The zero-order valence-electron chi connectivity index (χ0n) is 10.2. The Kier molecular flexibility index (Phi) is 6.40. The molecular weight excluding hydrogens is 158 g/mol. The number of hydrogen-bond donors (Lipinski definition) is 0. The summed E-state index contributed by atoms with van der Waals surface area (Å²) in [6.07, 6.45) is 5.91. The van der Waals surface area contributed by atoms with Crippen LogP contribution in [0.25, 0.3) is 0 Å². The highest BCUT2D eigenvalue weighted by Crippen LogP contribution is 2.48. The van der Waals surface area contributed by atoms with Gasteiger partial charge in [0.15, 0.2) is 0 Å². The Balaban J connectivity index is 0.000000322. The van der Waals surface area contributed by atoms with Crippen LogP contribution in [-0.4, -0.2) is 23.5 Å². The Morgan fingerprint density at radius 1 is 1.00 bits per heavy atom. The second-order valence-electron chi connectivity index (χ2n) is 3.41. The quantitative estimate of drug-likeness (QED) is 0.602. The second kappa shape index (κ2) is 6.42. The molecule has 0 N–H and O–H groups in total. The van der Waals surface area contributed by atoms with Crippen molar-refractivity contribution in [2.75, 3.05) is 13.1 Å². The van der Waals surface area contributed by atoms with Gasteiger partial charge in [-0.3, -0.25) is 4.90 Å². The Hall–Kier alpha value is -0.0400. The van der Waals surface area contributed by atoms with Crippen LogP contribution in [0.15, 0.2) is 0 Å². The van der Waals surface area contributed by atoms with E-state index >= 15 is 0 Å². The van der Waals surface area contributed by atoms with E-state index in [4.69, 9.17) is 0 Å². The van der Waals surface area contributed by atoms with Crippen LogP contribution < -0.4 is 0 Å².